The lowest BCUT2D eigenvalue weighted by molar-refractivity contribution is 0.00833. The topological polar surface area (TPSA) is 55.3 Å². The number of oxazole rings is 1. The molecule has 1 aromatic heterocycles. The van der Waals surface area contributed by atoms with Crippen LogP contribution < -0.4 is 10.6 Å². The molecule has 2 aromatic rings. The van der Waals surface area contributed by atoms with Crippen molar-refractivity contribution in [2.75, 3.05) is 18.0 Å². The molecule has 5 heteroatoms. The fraction of sp³-hybridized carbons (Fsp3) is 0.500. The number of hydrogen-bond donors (Lipinski definition) is 1. The minimum absolute atomic E-state index is 0.0287. The number of nitrogens with two attached hydrogens (primary N) is 1. The van der Waals surface area contributed by atoms with Crippen molar-refractivity contribution in [1.82, 2.24) is 4.98 Å². The molecule has 2 heterocycles. The minimum Gasteiger partial charge on any atom is -0.423 e. The molecule has 19 heavy (non-hydrogen) atoms. The monoisotopic (exact) mass is 277 g/mol. The van der Waals surface area contributed by atoms with Gasteiger partial charge in [-0.15, -0.1) is 0 Å². The van der Waals surface area contributed by atoms with Gasteiger partial charge in [0.1, 0.15) is 5.52 Å². The Hall–Kier alpha value is -1.26. The molecule has 2 fully saturated rings. The van der Waals surface area contributed by atoms with Crippen LogP contribution in [0.15, 0.2) is 22.6 Å². The van der Waals surface area contributed by atoms with Crippen molar-refractivity contribution in [1.29, 1.82) is 0 Å². The Bertz CT molecular complexity index is 648. The van der Waals surface area contributed by atoms with Gasteiger partial charge < -0.3 is 15.1 Å². The highest BCUT2D eigenvalue weighted by Crippen LogP contribution is 2.53. The third-order valence-corrected chi connectivity index (χ3v) is 4.45. The first-order valence-corrected chi connectivity index (χ1v) is 6.93. The molecule has 1 saturated heterocycles. The van der Waals surface area contributed by atoms with Gasteiger partial charge in [-0.2, -0.15) is 4.98 Å². The number of halogens is 1. The van der Waals surface area contributed by atoms with E-state index in [0.29, 0.717) is 16.5 Å². The van der Waals surface area contributed by atoms with Crippen LogP contribution in [0.5, 0.6) is 0 Å². The van der Waals surface area contributed by atoms with Gasteiger partial charge in [0.2, 0.25) is 0 Å². The van der Waals surface area contributed by atoms with Crippen LogP contribution in [-0.4, -0.2) is 23.6 Å². The zero-order chi connectivity index (χ0) is 13.3. The lowest BCUT2D eigenvalue weighted by Crippen LogP contribution is -2.70. The van der Waals surface area contributed by atoms with Gasteiger partial charge >= 0.3 is 0 Å². The summed E-state index contributed by atoms with van der Waals surface area (Å²) in [5.74, 6) is 0. The molecule has 2 N–H and O–H groups in total. The van der Waals surface area contributed by atoms with E-state index in [-0.39, 0.29) is 5.54 Å². The van der Waals surface area contributed by atoms with E-state index < -0.39 is 0 Å². The zero-order valence-corrected chi connectivity index (χ0v) is 11.6. The standard InChI is InChI=1S/C14H16ClN3O/c1-13(16)5-14(6-13)7-18(8-14)12-17-10-4-9(15)2-3-11(10)19-12/h2-4H,5-8,16H2,1H3. The number of hydrogen-bond acceptors (Lipinski definition) is 4. The molecular weight excluding hydrogens is 262 g/mol. The molecule has 2 aliphatic rings. The van der Waals surface area contributed by atoms with Crippen molar-refractivity contribution >= 4 is 28.7 Å². The predicted octanol–water partition coefficient (Wildman–Crippen LogP) is 2.80. The number of nitrogens with zero attached hydrogens (tertiary/aromatic N) is 2. The Morgan fingerprint density at radius 2 is 2.11 bits per heavy atom. The number of aromatic nitrogens is 1. The second-order valence-corrected chi connectivity index (χ2v) is 6.91. The van der Waals surface area contributed by atoms with Crippen LogP contribution in [0.2, 0.25) is 5.02 Å². The summed E-state index contributed by atoms with van der Waals surface area (Å²) >= 11 is 5.95. The molecule has 1 spiro atoms. The summed E-state index contributed by atoms with van der Waals surface area (Å²) in [6.07, 6.45) is 2.20. The maximum absolute atomic E-state index is 6.10. The number of anilines is 1. The van der Waals surface area contributed by atoms with E-state index in [2.05, 4.69) is 16.8 Å². The molecule has 4 nitrogen and oxygen atoms in total. The Balaban J connectivity index is 1.54. The average Bonchev–Trinajstić information content (AvgIpc) is 2.64. The van der Waals surface area contributed by atoms with E-state index >= 15 is 0 Å². The third-order valence-electron chi connectivity index (χ3n) is 4.22. The first kappa shape index (κ1) is 11.6. The summed E-state index contributed by atoms with van der Waals surface area (Å²) in [6.45, 7) is 4.13. The molecule has 0 atom stereocenters. The zero-order valence-electron chi connectivity index (χ0n) is 10.8. The van der Waals surface area contributed by atoms with E-state index in [0.717, 1.165) is 37.0 Å². The Kier molecular flexibility index (Phi) is 2.09. The number of fused-ring (bicyclic) bond motifs is 1. The second kappa shape index (κ2) is 3.44. The van der Waals surface area contributed by atoms with Crippen molar-refractivity contribution in [3.63, 3.8) is 0 Å². The summed E-state index contributed by atoms with van der Waals surface area (Å²) in [4.78, 5) is 6.68. The largest absolute Gasteiger partial charge is 0.423 e. The molecule has 4 rings (SSSR count). The maximum atomic E-state index is 6.10. The van der Waals surface area contributed by atoms with Gasteiger partial charge in [-0.3, -0.25) is 0 Å². The van der Waals surface area contributed by atoms with Crippen LogP contribution in [0.4, 0.5) is 6.01 Å². The molecule has 0 unspecified atom stereocenters. The lowest BCUT2D eigenvalue weighted by atomic mass is 9.55. The molecule has 100 valence electrons. The number of rotatable bonds is 1. The van der Waals surface area contributed by atoms with Gasteiger partial charge in [0, 0.05) is 29.1 Å². The average molecular weight is 278 g/mol. The van der Waals surface area contributed by atoms with Crippen LogP contribution in [0.25, 0.3) is 11.1 Å². The molecule has 1 aliphatic carbocycles. The quantitative estimate of drug-likeness (QED) is 0.871. The van der Waals surface area contributed by atoms with Gasteiger partial charge in [-0.25, -0.2) is 0 Å². The van der Waals surface area contributed by atoms with Gasteiger partial charge in [0.25, 0.3) is 6.01 Å². The summed E-state index contributed by atoms with van der Waals surface area (Å²) in [5, 5.41) is 0.685. The SMILES string of the molecule is CC1(N)CC2(CN(c3nc4cc(Cl)ccc4o3)C2)C1. The van der Waals surface area contributed by atoms with E-state index in [1.807, 2.05) is 18.2 Å². The summed E-state index contributed by atoms with van der Waals surface area (Å²) in [5.41, 5.74) is 8.14. The normalized spacial score (nSPS) is 23.4. The van der Waals surface area contributed by atoms with E-state index in [1.54, 1.807) is 0 Å². The molecule has 1 aliphatic heterocycles. The summed E-state index contributed by atoms with van der Waals surface area (Å²) < 4.78 is 5.77. The van der Waals surface area contributed by atoms with Gasteiger partial charge in [-0.1, -0.05) is 11.6 Å². The Morgan fingerprint density at radius 3 is 2.79 bits per heavy atom. The molecule has 0 radical (unpaired) electrons. The highest BCUT2D eigenvalue weighted by atomic mass is 35.5. The molecule has 1 aromatic carbocycles. The maximum Gasteiger partial charge on any atom is 0.298 e. The van der Waals surface area contributed by atoms with Crippen LogP contribution in [0.3, 0.4) is 0 Å². The fourth-order valence-electron chi connectivity index (χ4n) is 3.81. The van der Waals surface area contributed by atoms with E-state index in [9.17, 15) is 0 Å². The van der Waals surface area contributed by atoms with Gasteiger partial charge in [0.05, 0.1) is 0 Å². The fourth-order valence-corrected chi connectivity index (χ4v) is 3.97. The first-order chi connectivity index (χ1) is 8.95. The Labute approximate surface area is 116 Å². The van der Waals surface area contributed by atoms with Crippen molar-refractivity contribution in [2.24, 2.45) is 11.1 Å². The van der Waals surface area contributed by atoms with Crippen molar-refractivity contribution < 1.29 is 4.42 Å². The number of benzene rings is 1. The van der Waals surface area contributed by atoms with Crippen molar-refractivity contribution in [3.05, 3.63) is 23.2 Å². The van der Waals surface area contributed by atoms with Gasteiger partial charge in [-0.05, 0) is 38.0 Å². The third kappa shape index (κ3) is 1.74. The lowest BCUT2D eigenvalue weighted by Gasteiger charge is -2.61. The summed E-state index contributed by atoms with van der Waals surface area (Å²) in [6, 6.07) is 6.22. The van der Waals surface area contributed by atoms with Gasteiger partial charge in [0.15, 0.2) is 5.58 Å². The van der Waals surface area contributed by atoms with Crippen LogP contribution in [0, 0.1) is 5.41 Å². The highest BCUT2D eigenvalue weighted by Gasteiger charge is 2.57. The van der Waals surface area contributed by atoms with E-state index in [1.165, 1.54) is 0 Å². The second-order valence-electron chi connectivity index (χ2n) is 6.47. The van der Waals surface area contributed by atoms with Crippen molar-refractivity contribution in [2.45, 2.75) is 25.3 Å². The van der Waals surface area contributed by atoms with Crippen molar-refractivity contribution in [3.8, 4) is 0 Å². The molecule has 1 saturated carbocycles. The van der Waals surface area contributed by atoms with Crippen LogP contribution >= 0.6 is 11.6 Å². The van der Waals surface area contributed by atoms with Crippen LogP contribution in [0.1, 0.15) is 19.8 Å². The minimum atomic E-state index is 0.0287. The molecule has 0 amide bonds. The molecule has 0 bridgehead atoms. The predicted molar refractivity (Wildman–Crippen MR) is 75.5 cm³/mol. The highest BCUT2D eigenvalue weighted by molar-refractivity contribution is 6.31. The smallest absolute Gasteiger partial charge is 0.298 e. The van der Waals surface area contributed by atoms with E-state index in [4.69, 9.17) is 21.8 Å². The first-order valence-electron chi connectivity index (χ1n) is 6.55. The molecular formula is C14H16ClN3O. The Morgan fingerprint density at radius 1 is 1.37 bits per heavy atom. The van der Waals surface area contributed by atoms with Crippen LogP contribution in [-0.2, 0) is 0 Å². The summed E-state index contributed by atoms with van der Waals surface area (Å²) in [7, 11) is 0.